The van der Waals surface area contributed by atoms with Crippen LogP contribution in [-0.2, 0) is 0 Å². The Morgan fingerprint density at radius 2 is 1.75 bits per heavy atom. The van der Waals surface area contributed by atoms with E-state index in [-0.39, 0.29) is 23.4 Å². The van der Waals surface area contributed by atoms with Crippen molar-refractivity contribution >= 4 is 21.6 Å². The van der Waals surface area contributed by atoms with E-state index >= 15 is 0 Å². The molecule has 0 saturated heterocycles. The first-order valence-corrected chi connectivity index (χ1v) is 6.62. The third kappa shape index (κ3) is 3.60. The van der Waals surface area contributed by atoms with Crippen LogP contribution in [0.1, 0.15) is 0 Å². The molecule has 0 spiro atoms. The molecule has 20 heavy (non-hydrogen) atoms. The molecule has 0 aliphatic heterocycles. The summed E-state index contributed by atoms with van der Waals surface area (Å²) in [6.07, 6.45) is 0. The lowest BCUT2D eigenvalue weighted by atomic mass is 10.3. The van der Waals surface area contributed by atoms with Gasteiger partial charge in [0.15, 0.2) is 11.6 Å². The second-order valence-corrected chi connectivity index (χ2v) is 4.79. The molecule has 3 nitrogen and oxygen atoms in total. The Bertz CT molecular complexity index is 584. The third-order valence-corrected chi connectivity index (χ3v) is 3.06. The van der Waals surface area contributed by atoms with Gasteiger partial charge in [-0.15, -0.1) is 0 Å². The van der Waals surface area contributed by atoms with E-state index in [0.717, 1.165) is 12.1 Å². The Labute approximate surface area is 123 Å². The van der Waals surface area contributed by atoms with Gasteiger partial charge in [0, 0.05) is 6.07 Å². The van der Waals surface area contributed by atoms with Crippen molar-refractivity contribution in [2.45, 2.75) is 0 Å². The van der Waals surface area contributed by atoms with Gasteiger partial charge in [-0.05, 0) is 34.1 Å². The maximum absolute atomic E-state index is 13.5. The zero-order valence-electron chi connectivity index (χ0n) is 10.4. The molecule has 106 valence electrons. The van der Waals surface area contributed by atoms with Crippen LogP contribution >= 0.6 is 15.9 Å². The predicted octanol–water partition coefficient (Wildman–Crippen LogP) is 3.77. The zero-order chi connectivity index (χ0) is 14.5. The molecular formula is C14H12BrF2NO2. The van der Waals surface area contributed by atoms with Crippen molar-refractivity contribution < 1.29 is 18.3 Å². The maximum Gasteiger partial charge on any atom is 0.169 e. The molecule has 0 aliphatic rings. The number of anilines is 1. The third-order valence-electron chi connectivity index (χ3n) is 2.47. The van der Waals surface area contributed by atoms with E-state index in [9.17, 15) is 8.78 Å². The van der Waals surface area contributed by atoms with Crippen molar-refractivity contribution in [3.05, 3.63) is 52.5 Å². The van der Waals surface area contributed by atoms with Gasteiger partial charge in [-0.2, -0.15) is 0 Å². The summed E-state index contributed by atoms with van der Waals surface area (Å²) in [6, 6.07) is 8.92. The van der Waals surface area contributed by atoms with Crippen molar-refractivity contribution in [1.29, 1.82) is 0 Å². The molecule has 2 aromatic carbocycles. The van der Waals surface area contributed by atoms with E-state index < -0.39 is 11.6 Å². The van der Waals surface area contributed by atoms with Gasteiger partial charge < -0.3 is 15.2 Å². The van der Waals surface area contributed by atoms with E-state index in [0.29, 0.717) is 11.4 Å². The van der Waals surface area contributed by atoms with Crippen LogP contribution in [0.15, 0.2) is 40.9 Å². The summed E-state index contributed by atoms with van der Waals surface area (Å²) in [5, 5.41) is 0. The summed E-state index contributed by atoms with van der Waals surface area (Å²) < 4.78 is 37.2. The number of nitrogen functional groups attached to an aromatic ring is 1. The minimum Gasteiger partial charge on any atom is -0.488 e. The Morgan fingerprint density at radius 1 is 1.05 bits per heavy atom. The minimum atomic E-state index is -0.767. The van der Waals surface area contributed by atoms with Crippen molar-refractivity contribution in [2.24, 2.45) is 0 Å². The second-order valence-electron chi connectivity index (χ2n) is 3.93. The zero-order valence-corrected chi connectivity index (χ0v) is 12.0. The van der Waals surface area contributed by atoms with Crippen LogP contribution in [0.2, 0.25) is 0 Å². The highest BCUT2D eigenvalue weighted by Crippen LogP contribution is 2.29. The first-order valence-electron chi connectivity index (χ1n) is 5.82. The normalized spacial score (nSPS) is 10.3. The van der Waals surface area contributed by atoms with Crippen LogP contribution in [-0.4, -0.2) is 13.2 Å². The SMILES string of the molecule is Nc1ccccc1OCCOc1c(F)cc(F)cc1Br. The standard InChI is InChI=1S/C14H12BrF2NO2/c15-10-7-9(16)8-11(17)14(10)20-6-5-19-13-4-2-1-3-12(13)18/h1-4,7-8H,5-6,18H2. The molecule has 0 fully saturated rings. The molecule has 0 saturated carbocycles. The number of halogens is 3. The average Bonchev–Trinajstić information content (AvgIpc) is 2.38. The predicted molar refractivity (Wildman–Crippen MR) is 75.9 cm³/mol. The van der Waals surface area contributed by atoms with Crippen molar-refractivity contribution in [3.63, 3.8) is 0 Å². The van der Waals surface area contributed by atoms with Crippen molar-refractivity contribution in [3.8, 4) is 11.5 Å². The fraction of sp³-hybridized carbons (Fsp3) is 0.143. The van der Waals surface area contributed by atoms with Gasteiger partial charge in [0.05, 0.1) is 10.2 Å². The lowest BCUT2D eigenvalue weighted by Gasteiger charge is -2.11. The fourth-order valence-corrected chi connectivity index (χ4v) is 2.10. The number of rotatable bonds is 5. The van der Waals surface area contributed by atoms with Crippen LogP contribution in [0.4, 0.5) is 14.5 Å². The second kappa shape index (κ2) is 6.56. The fourth-order valence-electron chi connectivity index (χ4n) is 1.57. The van der Waals surface area contributed by atoms with E-state index in [1.54, 1.807) is 24.3 Å². The quantitative estimate of drug-likeness (QED) is 0.663. The molecule has 0 amide bonds. The monoisotopic (exact) mass is 343 g/mol. The van der Waals surface area contributed by atoms with E-state index in [1.165, 1.54) is 0 Å². The number of hydrogen-bond acceptors (Lipinski definition) is 3. The van der Waals surface area contributed by atoms with Crippen LogP contribution in [0.25, 0.3) is 0 Å². The Balaban J connectivity index is 1.90. The molecule has 0 radical (unpaired) electrons. The van der Waals surface area contributed by atoms with Gasteiger partial charge in [-0.25, -0.2) is 8.78 Å². The molecule has 2 N–H and O–H groups in total. The molecule has 0 aromatic heterocycles. The van der Waals surface area contributed by atoms with E-state index in [2.05, 4.69) is 15.9 Å². The van der Waals surface area contributed by atoms with Gasteiger partial charge in [-0.3, -0.25) is 0 Å². The Morgan fingerprint density at radius 3 is 2.45 bits per heavy atom. The number of hydrogen-bond donors (Lipinski definition) is 1. The highest BCUT2D eigenvalue weighted by molar-refractivity contribution is 9.10. The molecular weight excluding hydrogens is 332 g/mol. The Hall–Kier alpha value is -1.82. The van der Waals surface area contributed by atoms with Gasteiger partial charge in [0.1, 0.15) is 24.8 Å². The summed E-state index contributed by atoms with van der Waals surface area (Å²) >= 11 is 3.04. The van der Waals surface area contributed by atoms with Crippen molar-refractivity contribution in [1.82, 2.24) is 0 Å². The summed E-state index contributed by atoms with van der Waals surface area (Å²) in [7, 11) is 0. The molecule has 0 atom stereocenters. The highest BCUT2D eigenvalue weighted by atomic mass is 79.9. The lowest BCUT2D eigenvalue weighted by molar-refractivity contribution is 0.211. The first-order chi connectivity index (χ1) is 9.58. The largest absolute Gasteiger partial charge is 0.488 e. The highest BCUT2D eigenvalue weighted by Gasteiger charge is 2.11. The number of ether oxygens (including phenoxy) is 2. The Kier molecular flexibility index (Phi) is 4.79. The lowest BCUT2D eigenvalue weighted by Crippen LogP contribution is -2.11. The van der Waals surface area contributed by atoms with E-state index in [1.807, 2.05) is 0 Å². The van der Waals surface area contributed by atoms with Crippen LogP contribution in [0.5, 0.6) is 11.5 Å². The average molecular weight is 344 g/mol. The van der Waals surface area contributed by atoms with Gasteiger partial charge in [-0.1, -0.05) is 12.1 Å². The number of para-hydroxylation sites is 2. The van der Waals surface area contributed by atoms with Crippen LogP contribution in [0, 0.1) is 11.6 Å². The molecule has 2 rings (SSSR count). The van der Waals surface area contributed by atoms with Crippen molar-refractivity contribution in [2.75, 3.05) is 18.9 Å². The van der Waals surface area contributed by atoms with Gasteiger partial charge in [0.25, 0.3) is 0 Å². The van der Waals surface area contributed by atoms with Crippen LogP contribution in [0.3, 0.4) is 0 Å². The summed E-state index contributed by atoms with van der Waals surface area (Å²) in [4.78, 5) is 0. The maximum atomic E-state index is 13.5. The summed E-state index contributed by atoms with van der Waals surface area (Å²) in [5.41, 5.74) is 6.22. The topological polar surface area (TPSA) is 44.5 Å². The molecule has 2 aromatic rings. The summed E-state index contributed by atoms with van der Waals surface area (Å²) in [6.45, 7) is 0.299. The molecule has 6 heteroatoms. The molecule has 0 heterocycles. The van der Waals surface area contributed by atoms with Gasteiger partial charge >= 0.3 is 0 Å². The van der Waals surface area contributed by atoms with Gasteiger partial charge in [0.2, 0.25) is 0 Å². The minimum absolute atomic E-state index is 0.0453. The van der Waals surface area contributed by atoms with E-state index in [4.69, 9.17) is 15.2 Å². The first kappa shape index (κ1) is 14.6. The van der Waals surface area contributed by atoms with Crippen LogP contribution < -0.4 is 15.2 Å². The molecule has 0 aliphatic carbocycles. The number of nitrogens with two attached hydrogens (primary N) is 1. The smallest absolute Gasteiger partial charge is 0.169 e. The summed E-state index contributed by atoms with van der Waals surface area (Å²) in [5.74, 6) is -0.947. The number of benzene rings is 2. The molecule has 0 bridgehead atoms. The molecule has 0 unspecified atom stereocenters.